The molecule has 2 atom stereocenters. The Morgan fingerprint density at radius 2 is 2.24 bits per heavy atom. The van der Waals surface area contributed by atoms with Crippen molar-refractivity contribution in [1.29, 1.82) is 0 Å². The first-order chi connectivity index (χ1) is 10.2. The molecule has 21 heavy (non-hydrogen) atoms. The van der Waals surface area contributed by atoms with E-state index in [-0.39, 0.29) is 11.6 Å². The molecule has 0 radical (unpaired) electrons. The molecule has 0 N–H and O–H groups in total. The standard InChI is InChI=1S/C16H20N4O/c1-3-7-15-10-16(19(2)21-15,11-20-13-17-12-18-20)14-8-5-4-6-9-14/h3-6,8-9,12-13,15H,1,7,10-11H2,2H3. The van der Waals surface area contributed by atoms with Crippen molar-refractivity contribution in [2.75, 3.05) is 7.05 Å². The summed E-state index contributed by atoms with van der Waals surface area (Å²) < 4.78 is 1.86. The topological polar surface area (TPSA) is 43.2 Å². The SMILES string of the molecule is C=CCC1CC(Cn2cncn2)(c2ccccc2)N(C)O1. The van der Waals surface area contributed by atoms with Crippen LogP contribution in [0.15, 0.2) is 55.6 Å². The maximum atomic E-state index is 6.02. The highest BCUT2D eigenvalue weighted by Gasteiger charge is 2.46. The lowest BCUT2D eigenvalue weighted by Gasteiger charge is -2.34. The van der Waals surface area contributed by atoms with E-state index >= 15 is 0 Å². The zero-order chi connectivity index (χ0) is 14.7. The van der Waals surface area contributed by atoms with Crippen LogP contribution < -0.4 is 0 Å². The molecule has 1 aromatic heterocycles. The molecule has 3 rings (SSSR count). The second-order valence-corrected chi connectivity index (χ2v) is 5.44. The monoisotopic (exact) mass is 284 g/mol. The van der Waals surface area contributed by atoms with E-state index in [1.54, 1.807) is 12.7 Å². The first kappa shape index (κ1) is 14.0. The van der Waals surface area contributed by atoms with Crippen molar-refractivity contribution in [2.24, 2.45) is 0 Å². The van der Waals surface area contributed by atoms with E-state index in [0.717, 1.165) is 12.8 Å². The molecular weight excluding hydrogens is 264 g/mol. The fourth-order valence-electron chi connectivity index (χ4n) is 3.07. The highest BCUT2D eigenvalue weighted by atomic mass is 16.7. The van der Waals surface area contributed by atoms with E-state index in [1.807, 2.05) is 28.9 Å². The minimum Gasteiger partial charge on any atom is -0.295 e. The summed E-state index contributed by atoms with van der Waals surface area (Å²) in [5.41, 5.74) is 0.998. The van der Waals surface area contributed by atoms with Gasteiger partial charge in [0.25, 0.3) is 0 Å². The lowest BCUT2D eigenvalue weighted by molar-refractivity contribution is -0.174. The molecular formula is C16H20N4O. The van der Waals surface area contributed by atoms with Crippen LogP contribution in [-0.2, 0) is 16.9 Å². The fraction of sp³-hybridized carbons (Fsp3) is 0.375. The number of rotatable bonds is 5. The van der Waals surface area contributed by atoms with Crippen molar-refractivity contribution in [3.05, 3.63) is 61.2 Å². The number of nitrogens with zero attached hydrogens (tertiary/aromatic N) is 4. The molecule has 0 spiro atoms. The zero-order valence-electron chi connectivity index (χ0n) is 12.2. The average Bonchev–Trinajstić information content (AvgIpc) is 3.10. The first-order valence-corrected chi connectivity index (χ1v) is 7.14. The van der Waals surface area contributed by atoms with Gasteiger partial charge >= 0.3 is 0 Å². The van der Waals surface area contributed by atoms with Crippen molar-refractivity contribution >= 4 is 0 Å². The highest BCUT2D eigenvalue weighted by molar-refractivity contribution is 5.25. The Morgan fingerprint density at radius 1 is 1.43 bits per heavy atom. The van der Waals surface area contributed by atoms with Gasteiger partial charge in [-0.2, -0.15) is 10.2 Å². The van der Waals surface area contributed by atoms with Crippen molar-refractivity contribution in [1.82, 2.24) is 19.8 Å². The Kier molecular flexibility index (Phi) is 3.86. The second kappa shape index (κ2) is 5.79. The van der Waals surface area contributed by atoms with E-state index in [1.165, 1.54) is 5.56 Å². The van der Waals surface area contributed by atoms with Gasteiger partial charge in [-0.05, 0) is 12.0 Å². The number of hydroxylamine groups is 2. The van der Waals surface area contributed by atoms with Gasteiger partial charge in [0.15, 0.2) is 0 Å². The minimum absolute atomic E-state index is 0.149. The highest BCUT2D eigenvalue weighted by Crippen LogP contribution is 2.41. The van der Waals surface area contributed by atoms with E-state index in [4.69, 9.17) is 4.84 Å². The molecule has 1 aliphatic rings. The van der Waals surface area contributed by atoms with Gasteiger partial charge in [-0.3, -0.25) is 9.52 Å². The summed E-state index contributed by atoms with van der Waals surface area (Å²) in [6, 6.07) is 10.4. The van der Waals surface area contributed by atoms with Gasteiger partial charge in [0.2, 0.25) is 0 Å². The number of hydrogen-bond donors (Lipinski definition) is 0. The molecule has 1 aliphatic heterocycles. The van der Waals surface area contributed by atoms with Gasteiger partial charge in [0.1, 0.15) is 12.7 Å². The summed E-state index contributed by atoms with van der Waals surface area (Å²) in [5.74, 6) is 0. The Labute approximate surface area is 124 Å². The summed E-state index contributed by atoms with van der Waals surface area (Å²) in [5, 5.41) is 6.23. The van der Waals surface area contributed by atoms with Gasteiger partial charge in [0, 0.05) is 13.5 Å². The van der Waals surface area contributed by atoms with Gasteiger partial charge < -0.3 is 0 Å². The minimum atomic E-state index is -0.233. The summed E-state index contributed by atoms with van der Waals surface area (Å²) >= 11 is 0. The molecule has 1 aromatic carbocycles. The lowest BCUT2D eigenvalue weighted by atomic mass is 9.84. The van der Waals surface area contributed by atoms with Gasteiger partial charge in [-0.15, -0.1) is 6.58 Å². The molecule has 2 aromatic rings. The quantitative estimate of drug-likeness (QED) is 0.791. The van der Waals surface area contributed by atoms with Gasteiger partial charge in [-0.1, -0.05) is 36.4 Å². The van der Waals surface area contributed by atoms with Crippen LogP contribution in [0.5, 0.6) is 0 Å². The van der Waals surface area contributed by atoms with Gasteiger partial charge in [-0.25, -0.2) is 4.98 Å². The molecule has 0 saturated carbocycles. The number of hydrogen-bond acceptors (Lipinski definition) is 4. The largest absolute Gasteiger partial charge is 0.295 e. The van der Waals surface area contributed by atoms with Crippen molar-refractivity contribution in [3.63, 3.8) is 0 Å². The van der Waals surface area contributed by atoms with Crippen molar-refractivity contribution in [2.45, 2.75) is 31.0 Å². The van der Waals surface area contributed by atoms with Crippen LogP contribution in [0.1, 0.15) is 18.4 Å². The van der Waals surface area contributed by atoms with Crippen LogP contribution in [-0.4, -0.2) is 33.0 Å². The van der Waals surface area contributed by atoms with E-state index in [2.05, 4.69) is 40.9 Å². The van der Waals surface area contributed by atoms with Crippen LogP contribution >= 0.6 is 0 Å². The third-order valence-electron chi connectivity index (χ3n) is 4.11. The van der Waals surface area contributed by atoms with Gasteiger partial charge in [0.05, 0.1) is 18.2 Å². The first-order valence-electron chi connectivity index (χ1n) is 7.14. The summed E-state index contributed by atoms with van der Waals surface area (Å²) in [7, 11) is 1.99. The molecule has 2 heterocycles. The van der Waals surface area contributed by atoms with Crippen LogP contribution in [0.2, 0.25) is 0 Å². The van der Waals surface area contributed by atoms with Crippen LogP contribution in [0.4, 0.5) is 0 Å². The molecule has 1 saturated heterocycles. The Balaban J connectivity index is 1.97. The lowest BCUT2D eigenvalue weighted by Crippen LogP contribution is -2.41. The van der Waals surface area contributed by atoms with E-state index in [0.29, 0.717) is 6.54 Å². The van der Waals surface area contributed by atoms with Crippen LogP contribution in [0, 0.1) is 0 Å². The number of benzene rings is 1. The smallest absolute Gasteiger partial charge is 0.137 e. The fourth-order valence-corrected chi connectivity index (χ4v) is 3.07. The number of aromatic nitrogens is 3. The summed E-state index contributed by atoms with van der Waals surface area (Å²) in [6.07, 6.45) is 7.12. The number of likely N-dealkylation sites (N-methyl/N-ethyl adjacent to an activating group) is 1. The van der Waals surface area contributed by atoms with E-state index < -0.39 is 0 Å². The molecule has 0 bridgehead atoms. The zero-order valence-corrected chi connectivity index (χ0v) is 12.2. The average molecular weight is 284 g/mol. The predicted molar refractivity (Wildman–Crippen MR) is 80.2 cm³/mol. The van der Waals surface area contributed by atoms with Crippen molar-refractivity contribution < 1.29 is 4.84 Å². The molecule has 0 amide bonds. The molecule has 2 unspecified atom stereocenters. The Morgan fingerprint density at radius 3 is 2.90 bits per heavy atom. The summed E-state index contributed by atoms with van der Waals surface area (Å²) in [4.78, 5) is 10.1. The predicted octanol–water partition coefficient (Wildman–Crippen LogP) is 2.39. The molecule has 5 heteroatoms. The molecule has 110 valence electrons. The maximum absolute atomic E-state index is 6.02. The Hall–Kier alpha value is -1.98. The molecule has 1 fully saturated rings. The summed E-state index contributed by atoms with van der Waals surface area (Å²) in [6.45, 7) is 4.53. The third-order valence-corrected chi connectivity index (χ3v) is 4.11. The van der Waals surface area contributed by atoms with Crippen LogP contribution in [0.3, 0.4) is 0 Å². The normalized spacial score (nSPS) is 26.0. The van der Waals surface area contributed by atoms with E-state index in [9.17, 15) is 0 Å². The molecule has 5 nitrogen and oxygen atoms in total. The second-order valence-electron chi connectivity index (χ2n) is 5.44. The van der Waals surface area contributed by atoms with Crippen molar-refractivity contribution in [3.8, 4) is 0 Å². The maximum Gasteiger partial charge on any atom is 0.137 e. The third kappa shape index (κ3) is 2.62. The Bertz CT molecular complexity index is 584. The van der Waals surface area contributed by atoms with Crippen LogP contribution in [0.25, 0.3) is 0 Å². The molecule has 0 aliphatic carbocycles.